The van der Waals surface area contributed by atoms with E-state index < -0.39 is 0 Å². The van der Waals surface area contributed by atoms with E-state index >= 15 is 0 Å². The number of benzene rings is 3. The van der Waals surface area contributed by atoms with Crippen molar-refractivity contribution in [2.75, 3.05) is 0 Å². The number of nitrogens with zero attached hydrogens (tertiary/aromatic N) is 2. The maximum Gasteiger partial charge on any atom is 0.167 e. The summed E-state index contributed by atoms with van der Waals surface area (Å²) in [6.45, 7) is 0. The van der Waals surface area contributed by atoms with Crippen molar-refractivity contribution < 1.29 is 0 Å². The Hall–Kier alpha value is -2.42. The zero-order valence-corrected chi connectivity index (χ0v) is 14.1. The van der Waals surface area contributed by atoms with Crippen molar-refractivity contribution in [3.05, 3.63) is 83.1 Å². The van der Waals surface area contributed by atoms with E-state index in [-0.39, 0.29) is 10.3 Å². The summed E-state index contributed by atoms with van der Waals surface area (Å²) in [4.78, 5) is 8.73. The van der Waals surface area contributed by atoms with Gasteiger partial charge in [-0.15, -0.1) is 0 Å². The van der Waals surface area contributed by atoms with Gasteiger partial charge in [-0.25, -0.2) is 9.97 Å². The van der Waals surface area contributed by atoms with Gasteiger partial charge in [0.25, 0.3) is 0 Å². The number of hydrogen-bond acceptors (Lipinski definition) is 2. The van der Waals surface area contributed by atoms with Gasteiger partial charge in [0.05, 0.1) is 11.0 Å². The number of rotatable bonds is 2. The van der Waals surface area contributed by atoms with Crippen LogP contribution in [-0.2, 0) is 0 Å². The summed E-state index contributed by atoms with van der Waals surface area (Å²) in [5.41, 5.74) is 5.85. The van der Waals surface area contributed by atoms with E-state index in [0.717, 1.165) is 33.3 Å². The van der Waals surface area contributed by atoms with E-state index in [1.807, 2.05) is 48.5 Å². The van der Waals surface area contributed by atoms with E-state index in [4.69, 9.17) is 23.2 Å². The fraction of sp³-hybridized carbons (Fsp3) is 0. The van der Waals surface area contributed by atoms with E-state index in [1.54, 1.807) is 0 Å². The molecule has 0 saturated carbocycles. The summed E-state index contributed by atoms with van der Waals surface area (Å²) in [7, 11) is 0. The first kappa shape index (κ1) is 15.1. The Balaban J connectivity index is 2.06. The van der Waals surface area contributed by atoms with Crippen LogP contribution >= 0.6 is 23.2 Å². The molecule has 0 saturated heterocycles. The van der Waals surface area contributed by atoms with E-state index in [9.17, 15) is 0 Å². The summed E-state index contributed by atoms with van der Waals surface area (Å²) in [5.74, 6) is 0. The Bertz CT molecular complexity index is 932. The van der Waals surface area contributed by atoms with Crippen molar-refractivity contribution in [1.82, 2.24) is 9.97 Å². The molecule has 0 N–H and O–H groups in total. The first-order valence-corrected chi connectivity index (χ1v) is 8.25. The molecule has 4 aromatic rings. The van der Waals surface area contributed by atoms with Crippen LogP contribution in [0.15, 0.2) is 72.8 Å². The minimum Gasteiger partial charge on any atom is -0.231 e. The molecule has 4 rings (SSSR count). The topological polar surface area (TPSA) is 25.8 Å². The summed E-state index contributed by atoms with van der Waals surface area (Å²) in [5, 5.41) is 0.436. The molecule has 24 heavy (non-hydrogen) atoms. The highest BCUT2D eigenvalue weighted by molar-refractivity contribution is 6.40. The molecule has 0 fully saturated rings. The van der Waals surface area contributed by atoms with Crippen molar-refractivity contribution >= 4 is 34.2 Å². The molecular formula is C20H12Cl2N2. The molecule has 0 aliphatic heterocycles. The first-order valence-electron chi connectivity index (χ1n) is 7.50. The van der Waals surface area contributed by atoms with Crippen LogP contribution in [0.3, 0.4) is 0 Å². The fourth-order valence-electron chi connectivity index (χ4n) is 2.77. The minimum absolute atomic E-state index is 0.218. The number of hydrogen-bond donors (Lipinski definition) is 0. The maximum atomic E-state index is 6.04. The fourth-order valence-corrected chi connectivity index (χ4v) is 3.04. The molecule has 0 amide bonds. The molecule has 0 aliphatic rings. The lowest BCUT2D eigenvalue weighted by molar-refractivity contribution is 1.29. The highest BCUT2D eigenvalue weighted by atomic mass is 35.5. The molecule has 1 aromatic heterocycles. The van der Waals surface area contributed by atoms with Crippen molar-refractivity contribution in [3.8, 4) is 22.3 Å². The summed E-state index contributed by atoms with van der Waals surface area (Å²) in [6.07, 6.45) is 0. The molecule has 3 aromatic carbocycles. The lowest BCUT2D eigenvalue weighted by Crippen LogP contribution is -1.91. The second-order valence-corrected chi connectivity index (χ2v) is 6.14. The molecule has 0 unspecified atom stereocenters. The lowest BCUT2D eigenvalue weighted by atomic mass is 9.94. The van der Waals surface area contributed by atoms with E-state index in [2.05, 4.69) is 34.2 Å². The largest absolute Gasteiger partial charge is 0.231 e. The van der Waals surface area contributed by atoms with Gasteiger partial charge >= 0.3 is 0 Å². The zero-order chi connectivity index (χ0) is 16.5. The van der Waals surface area contributed by atoms with Crippen LogP contribution in [-0.4, -0.2) is 9.97 Å². The van der Waals surface area contributed by atoms with Gasteiger partial charge in [0.2, 0.25) is 0 Å². The number of halogens is 2. The average Bonchev–Trinajstić information content (AvgIpc) is 2.63. The maximum absolute atomic E-state index is 6.04. The van der Waals surface area contributed by atoms with Gasteiger partial charge in [-0.2, -0.15) is 0 Å². The van der Waals surface area contributed by atoms with Gasteiger partial charge in [0.1, 0.15) is 0 Å². The molecule has 0 aliphatic carbocycles. The molecule has 4 heteroatoms. The summed E-state index contributed by atoms with van der Waals surface area (Å²) >= 11 is 12.1. The molecule has 0 radical (unpaired) electrons. The van der Waals surface area contributed by atoms with Gasteiger partial charge in [-0.3, -0.25) is 0 Å². The predicted molar refractivity (Wildman–Crippen MR) is 100 cm³/mol. The third kappa shape index (κ3) is 2.75. The van der Waals surface area contributed by atoms with Crippen LogP contribution in [0.1, 0.15) is 0 Å². The van der Waals surface area contributed by atoms with Crippen LogP contribution in [0, 0.1) is 0 Å². The Morgan fingerprint density at radius 2 is 0.917 bits per heavy atom. The third-order valence-electron chi connectivity index (χ3n) is 3.89. The molecule has 1 heterocycles. The van der Waals surface area contributed by atoms with Crippen molar-refractivity contribution in [2.45, 2.75) is 0 Å². The van der Waals surface area contributed by atoms with Crippen LogP contribution in [0.4, 0.5) is 0 Å². The zero-order valence-electron chi connectivity index (χ0n) is 12.6. The van der Waals surface area contributed by atoms with Crippen LogP contribution in [0.2, 0.25) is 10.3 Å². The van der Waals surface area contributed by atoms with Gasteiger partial charge in [-0.1, -0.05) is 83.9 Å². The standard InChI is InChI=1S/C20H12Cl2N2/c21-19-20(22)24-18-12-16(14-9-5-2-6-10-14)15(11-17(18)23-19)13-7-3-1-4-8-13/h1-12H. The normalized spacial score (nSPS) is 10.9. The van der Waals surface area contributed by atoms with Gasteiger partial charge in [0, 0.05) is 0 Å². The number of fused-ring (bicyclic) bond motifs is 1. The van der Waals surface area contributed by atoms with Crippen molar-refractivity contribution in [1.29, 1.82) is 0 Å². The minimum atomic E-state index is 0.218. The van der Waals surface area contributed by atoms with E-state index in [0.29, 0.717) is 0 Å². The number of aromatic nitrogens is 2. The molecule has 0 spiro atoms. The molecule has 2 nitrogen and oxygen atoms in total. The van der Waals surface area contributed by atoms with Gasteiger partial charge in [0.15, 0.2) is 10.3 Å². The highest BCUT2D eigenvalue weighted by Crippen LogP contribution is 2.35. The second-order valence-electron chi connectivity index (χ2n) is 5.42. The second kappa shape index (κ2) is 6.23. The Labute approximate surface area is 149 Å². The smallest absolute Gasteiger partial charge is 0.167 e. The lowest BCUT2D eigenvalue weighted by Gasteiger charge is -2.12. The van der Waals surface area contributed by atoms with Crippen LogP contribution in [0.5, 0.6) is 0 Å². The Kier molecular flexibility index (Phi) is 3.93. The first-order chi connectivity index (χ1) is 11.7. The van der Waals surface area contributed by atoms with Crippen LogP contribution < -0.4 is 0 Å². The predicted octanol–water partition coefficient (Wildman–Crippen LogP) is 6.27. The average molecular weight is 351 g/mol. The van der Waals surface area contributed by atoms with Gasteiger partial charge in [-0.05, 0) is 34.4 Å². The Morgan fingerprint density at radius 1 is 0.542 bits per heavy atom. The molecule has 0 atom stereocenters. The molecule has 116 valence electrons. The monoisotopic (exact) mass is 350 g/mol. The Morgan fingerprint density at radius 3 is 1.29 bits per heavy atom. The van der Waals surface area contributed by atoms with E-state index in [1.165, 1.54) is 0 Å². The quantitative estimate of drug-likeness (QED) is 0.425. The third-order valence-corrected chi connectivity index (χ3v) is 4.52. The summed E-state index contributed by atoms with van der Waals surface area (Å²) in [6, 6.07) is 24.5. The summed E-state index contributed by atoms with van der Waals surface area (Å²) < 4.78 is 0. The van der Waals surface area contributed by atoms with Crippen LogP contribution in [0.25, 0.3) is 33.3 Å². The van der Waals surface area contributed by atoms with Crippen molar-refractivity contribution in [3.63, 3.8) is 0 Å². The van der Waals surface area contributed by atoms with Crippen molar-refractivity contribution in [2.24, 2.45) is 0 Å². The molecule has 0 bridgehead atoms. The highest BCUT2D eigenvalue weighted by Gasteiger charge is 2.12. The SMILES string of the molecule is Clc1nc2cc(-c3ccccc3)c(-c3ccccc3)cc2nc1Cl. The molecular weight excluding hydrogens is 339 g/mol. The van der Waals surface area contributed by atoms with Gasteiger partial charge < -0.3 is 0 Å².